The van der Waals surface area contributed by atoms with Gasteiger partial charge in [0.15, 0.2) is 0 Å². The molecule has 1 N–H and O–H groups in total. The lowest BCUT2D eigenvalue weighted by Crippen LogP contribution is -1.90. The molecule has 0 unspecified atom stereocenters. The summed E-state index contributed by atoms with van der Waals surface area (Å²) in [6.07, 6.45) is 0.668. The minimum absolute atomic E-state index is 0.165. The summed E-state index contributed by atoms with van der Waals surface area (Å²) in [5.41, 5.74) is 2.94. The molecule has 2 aromatic carbocycles. The van der Waals surface area contributed by atoms with Crippen LogP contribution in [0.1, 0.15) is 5.56 Å². The van der Waals surface area contributed by atoms with Gasteiger partial charge in [-0.15, -0.1) is 0 Å². The van der Waals surface area contributed by atoms with E-state index in [1.54, 1.807) is 0 Å². The van der Waals surface area contributed by atoms with Crippen molar-refractivity contribution >= 4 is 21.9 Å². The van der Waals surface area contributed by atoms with E-state index in [4.69, 9.17) is 9.52 Å². The van der Waals surface area contributed by atoms with Crippen molar-refractivity contribution in [2.24, 2.45) is 0 Å². The van der Waals surface area contributed by atoms with Crippen molar-refractivity contribution in [1.29, 1.82) is 0 Å². The minimum atomic E-state index is 0.165. The van der Waals surface area contributed by atoms with E-state index < -0.39 is 0 Å². The molecule has 1 aromatic heterocycles. The van der Waals surface area contributed by atoms with Crippen LogP contribution in [0.25, 0.3) is 21.9 Å². The summed E-state index contributed by atoms with van der Waals surface area (Å²) in [5, 5.41) is 11.3. The van der Waals surface area contributed by atoms with E-state index in [0.29, 0.717) is 6.42 Å². The quantitative estimate of drug-likeness (QED) is 0.708. The molecule has 3 aromatic rings. The van der Waals surface area contributed by atoms with Crippen LogP contribution < -0.4 is 0 Å². The van der Waals surface area contributed by atoms with E-state index >= 15 is 0 Å². The highest BCUT2D eigenvalue weighted by Gasteiger charge is 2.09. The number of fused-ring (bicyclic) bond motifs is 3. The maximum atomic E-state index is 9.06. The van der Waals surface area contributed by atoms with Crippen molar-refractivity contribution in [3.05, 3.63) is 48.0 Å². The number of furan rings is 1. The van der Waals surface area contributed by atoms with Gasteiger partial charge in [-0.25, -0.2) is 0 Å². The summed E-state index contributed by atoms with van der Waals surface area (Å²) in [4.78, 5) is 0. The van der Waals surface area contributed by atoms with Crippen LogP contribution in [0.4, 0.5) is 0 Å². The maximum absolute atomic E-state index is 9.06. The van der Waals surface area contributed by atoms with E-state index in [-0.39, 0.29) is 6.61 Å². The lowest BCUT2D eigenvalue weighted by Gasteiger charge is -1.99. The molecule has 0 bridgehead atoms. The number of para-hydroxylation sites is 1. The van der Waals surface area contributed by atoms with Crippen LogP contribution in [-0.2, 0) is 6.42 Å². The Morgan fingerprint density at radius 3 is 2.62 bits per heavy atom. The van der Waals surface area contributed by atoms with Gasteiger partial charge in [-0.3, -0.25) is 0 Å². The Labute approximate surface area is 93.1 Å². The lowest BCUT2D eigenvalue weighted by molar-refractivity contribution is 0.300. The number of aliphatic hydroxyl groups is 1. The van der Waals surface area contributed by atoms with Crippen LogP contribution in [0.5, 0.6) is 0 Å². The zero-order valence-corrected chi connectivity index (χ0v) is 8.81. The molecule has 0 fully saturated rings. The van der Waals surface area contributed by atoms with E-state index in [1.807, 2.05) is 36.4 Å². The Balaban J connectivity index is 2.43. The van der Waals surface area contributed by atoms with Gasteiger partial charge in [0.05, 0.1) is 0 Å². The van der Waals surface area contributed by atoms with Gasteiger partial charge in [0.1, 0.15) is 11.2 Å². The highest BCUT2D eigenvalue weighted by molar-refractivity contribution is 6.06. The molecule has 16 heavy (non-hydrogen) atoms. The van der Waals surface area contributed by atoms with Gasteiger partial charge >= 0.3 is 0 Å². The molecule has 0 spiro atoms. The minimum Gasteiger partial charge on any atom is -0.456 e. The molecule has 0 aliphatic carbocycles. The summed E-state index contributed by atoms with van der Waals surface area (Å²) in [6, 6.07) is 14.0. The molecule has 2 heteroatoms. The second-order valence-corrected chi connectivity index (χ2v) is 3.86. The van der Waals surface area contributed by atoms with Crippen LogP contribution in [0.3, 0.4) is 0 Å². The van der Waals surface area contributed by atoms with Crippen molar-refractivity contribution in [2.75, 3.05) is 6.61 Å². The fourth-order valence-corrected chi connectivity index (χ4v) is 2.18. The smallest absolute Gasteiger partial charge is 0.135 e. The molecule has 1 heterocycles. The van der Waals surface area contributed by atoms with Crippen LogP contribution in [0.15, 0.2) is 46.9 Å². The molecule has 0 atom stereocenters. The molecule has 0 saturated heterocycles. The van der Waals surface area contributed by atoms with Gasteiger partial charge < -0.3 is 9.52 Å². The molecule has 80 valence electrons. The second kappa shape index (κ2) is 3.65. The summed E-state index contributed by atoms with van der Waals surface area (Å²) < 4.78 is 5.76. The van der Waals surface area contributed by atoms with Crippen LogP contribution in [-0.4, -0.2) is 11.7 Å². The molecular weight excluding hydrogens is 200 g/mol. The highest BCUT2D eigenvalue weighted by Crippen LogP contribution is 2.31. The van der Waals surface area contributed by atoms with E-state index in [1.165, 1.54) is 0 Å². The first-order valence-electron chi connectivity index (χ1n) is 5.40. The zero-order valence-electron chi connectivity index (χ0n) is 8.81. The monoisotopic (exact) mass is 212 g/mol. The molecular formula is C14H12O2. The zero-order chi connectivity index (χ0) is 11.0. The summed E-state index contributed by atoms with van der Waals surface area (Å²) >= 11 is 0. The molecule has 0 aliphatic heterocycles. The van der Waals surface area contributed by atoms with Crippen molar-refractivity contribution < 1.29 is 9.52 Å². The van der Waals surface area contributed by atoms with E-state index in [2.05, 4.69) is 6.07 Å². The number of hydrogen-bond donors (Lipinski definition) is 1. The normalized spacial score (nSPS) is 11.3. The number of benzene rings is 2. The summed E-state index contributed by atoms with van der Waals surface area (Å²) in [7, 11) is 0. The first-order valence-corrected chi connectivity index (χ1v) is 5.40. The van der Waals surface area contributed by atoms with Crippen molar-refractivity contribution in [2.45, 2.75) is 6.42 Å². The average Bonchev–Trinajstić information content (AvgIpc) is 2.68. The van der Waals surface area contributed by atoms with Gasteiger partial charge in [-0.2, -0.15) is 0 Å². The number of rotatable bonds is 2. The van der Waals surface area contributed by atoms with Crippen LogP contribution >= 0.6 is 0 Å². The summed E-state index contributed by atoms with van der Waals surface area (Å²) in [6.45, 7) is 0.165. The van der Waals surface area contributed by atoms with Crippen LogP contribution in [0.2, 0.25) is 0 Å². The third-order valence-corrected chi connectivity index (χ3v) is 2.87. The molecule has 0 amide bonds. The van der Waals surface area contributed by atoms with Crippen molar-refractivity contribution in [1.82, 2.24) is 0 Å². The standard InChI is InChI=1S/C14H12O2/c15-9-8-10-4-3-7-13-14(10)11-5-1-2-6-12(11)16-13/h1-7,15H,8-9H2. The maximum Gasteiger partial charge on any atom is 0.135 e. The van der Waals surface area contributed by atoms with Crippen LogP contribution in [0, 0.1) is 0 Å². The Bertz CT molecular complexity index is 637. The molecule has 3 rings (SSSR count). The number of aliphatic hydroxyl groups excluding tert-OH is 1. The molecule has 0 saturated carbocycles. The second-order valence-electron chi connectivity index (χ2n) is 3.86. The highest BCUT2D eigenvalue weighted by atomic mass is 16.3. The topological polar surface area (TPSA) is 33.4 Å². The third kappa shape index (κ3) is 1.31. The van der Waals surface area contributed by atoms with Gasteiger partial charge in [0.25, 0.3) is 0 Å². The Hall–Kier alpha value is -1.80. The predicted octanol–water partition coefficient (Wildman–Crippen LogP) is 3.12. The predicted molar refractivity (Wildman–Crippen MR) is 64.5 cm³/mol. The Morgan fingerprint density at radius 2 is 1.75 bits per heavy atom. The first-order chi connectivity index (χ1) is 7.90. The lowest BCUT2D eigenvalue weighted by atomic mass is 10.0. The van der Waals surface area contributed by atoms with Gasteiger partial charge in [-0.1, -0.05) is 30.3 Å². The van der Waals surface area contributed by atoms with Gasteiger partial charge in [-0.05, 0) is 24.1 Å². The molecule has 0 aliphatic rings. The van der Waals surface area contributed by atoms with E-state index in [0.717, 1.165) is 27.5 Å². The van der Waals surface area contributed by atoms with Gasteiger partial charge in [0.2, 0.25) is 0 Å². The largest absolute Gasteiger partial charge is 0.456 e. The summed E-state index contributed by atoms with van der Waals surface area (Å²) in [5.74, 6) is 0. The van der Waals surface area contributed by atoms with Gasteiger partial charge in [0, 0.05) is 17.4 Å². The fourth-order valence-electron chi connectivity index (χ4n) is 2.18. The number of hydrogen-bond acceptors (Lipinski definition) is 2. The van der Waals surface area contributed by atoms with Crippen molar-refractivity contribution in [3.63, 3.8) is 0 Å². The van der Waals surface area contributed by atoms with E-state index in [9.17, 15) is 0 Å². The fraction of sp³-hybridized carbons (Fsp3) is 0.143. The molecule has 2 nitrogen and oxygen atoms in total. The van der Waals surface area contributed by atoms with Crippen molar-refractivity contribution in [3.8, 4) is 0 Å². The Kier molecular flexibility index (Phi) is 2.15. The third-order valence-electron chi connectivity index (χ3n) is 2.87. The first kappa shape index (κ1) is 9.43. The Morgan fingerprint density at radius 1 is 0.938 bits per heavy atom. The average molecular weight is 212 g/mol. The molecule has 0 radical (unpaired) electrons. The SMILES string of the molecule is OCCc1cccc2oc3ccccc3c12.